The fourth-order valence-electron chi connectivity index (χ4n) is 3.29. The third-order valence-electron chi connectivity index (χ3n) is 4.61. The molecule has 1 aliphatic rings. The lowest BCUT2D eigenvalue weighted by Crippen LogP contribution is -2.37. The van der Waals surface area contributed by atoms with E-state index < -0.39 is 0 Å². The number of nitrogens with zero attached hydrogens (tertiary/aromatic N) is 3. The Morgan fingerprint density at radius 1 is 1.13 bits per heavy atom. The molecule has 0 bridgehead atoms. The van der Waals surface area contributed by atoms with Crippen molar-refractivity contribution in [1.29, 1.82) is 0 Å². The zero-order valence-corrected chi connectivity index (χ0v) is 13.8. The number of pyridine rings is 1. The van der Waals surface area contributed by atoms with Gasteiger partial charge in [0.2, 0.25) is 0 Å². The van der Waals surface area contributed by atoms with Gasteiger partial charge in [-0.15, -0.1) is 0 Å². The van der Waals surface area contributed by atoms with E-state index in [1.165, 1.54) is 0 Å². The van der Waals surface area contributed by atoms with Gasteiger partial charge in [0, 0.05) is 31.0 Å². The standard InChI is InChI=1S/C19H23N3O/c1-3-21(4-2)12-13-22-18(15-8-7-11-20-14-15)16-9-5-6-10-17(16)19(22)23/h5-11,14,18H,3-4,12-13H2,1-2H3. The molecule has 0 saturated carbocycles. The number of likely N-dealkylation sites (N-methyl/N-ethyl adjacent to an activating group) is 1. The van der Waals surface area contributed by atoms with Crippen LogP contribution in [-0.4, -0.2) is 46.9 Å². The van der Waals surface area contributed by atoms with Crippen LogP contribution in [0.3, 0.4) is 0 Å². The summed E-state index contributed by atoms with van der Waals surface area (Å²) >= 11 is 0. The van der Waals surface area contributed by atoms with Crippen molar-refractivity contribution in [3.05, 3.63) is 65.5 Å². The first-order chi connectivity index (χ1) is 11.3. The van der Waals surface area contributed by atoms with Crippen molar-refractivity contribution < 1.29 is 4.79 Å². The highest BCUT2D eigenvalue weighted by molar-refractivity contribution is 5.99. The Balaban J connectivity index is 1.92. The number of aromatic nitrogens is 1. The van der Waals surface area contributed by atoms with Gasteiger partial charge in [0.1, 0.15) is 0 Å². The fraction of sp³-hybridized carbons (Fsp3) is 0.368. The molecule has 1 atom stereocenters. The lowest BCUT2D eigenvalue weighted by molar-refractivity contribution is 0.0729. The average Bonchev–Trinajstić information content (AvgIpc) is 2.89. The SMILES string of the molecule is CCN(CC)CCN1C(=O)c2ccccc2C1c1cccnc1. The summed E-state index contributed by atoms with van der Waals surface area (Å²) in [6, 6.07) is 11.9. The predicted octanol–water partition coefficient (Wildman–Crippen LogP) is 2.97. The number of fused-ring (bicyclic) bond motifs is 1. The second-order valence-corrected chi connectivity index (χ2v) is 5.80. The summed E-state index contributed by atoms with van der Waals surface area (Å²) in [6.07, 6.45) is 3.64. The van der Waals surface area contributed by atoms with Gasteiger partial charge in [-0.25, -0.2) is 0 Å². The number of carbonyl (C=O) groups excluding carboxylic acids is 1. The van der Waals surface area contributed by atoms with E-state index >= 15 is 0 Å². The monoisotopic (exact) mass is 309 g/mol. The van der Waals surface area contributed by atoms with Crippen LogP contribution in [0.25, 0.3) is 0 Å². The van der Waals surface area contributed by atoms with Gasteiger partial charge < -0.3 is 9.80 Å². The molecule has 1 amide bonds. The normalized spacial score (nSPS) is 16.9. The van der Waals surface area contributed by atoms with E-state index in [0.29, 0.717) is 0 Å². The molecule has 0 fully saturated rings. The maximum atomic E-state index is 12.9. The van der Waals surface area contributed by atoms with Crippen LogP contribution in [0.2, 0.25) is 0 Å². The van der Waals surface area contributed by atoms with Crippen molar-refractivity contribution >= 4 is 5.91 Å². The van der Waals surface area contributed by atoms with Crippen LogP contribution in [0.5, 0.6) is 0 Å². The lowest BCUT2D eigenvalue weighted by atomic mass is 9.99. The van der Waals surface area contributed by atoms with Crippen molar-refractivity contribution in [2.24, 2.45) is 0 Å². The van der Waals surface area contributed by atoms with E-state index in [1.54, 1.807) is 6.20 Å². The third kappa shape index (κ3) is 2.99. The second kappa shape index (κ2) is 6.92. The highest BCUT2D eigenvalue weighted by Gasteiger charge is 2.37. The molecule has 0 aliphatic carbocycles. The van der Waals surface area contributed by atoms with Crippen LogP contribution >= 0.6 is 0 Å². The van der Waals surface area contributed by atoms with Crippen molar-refractivity contribution in [2.75, 3.05) is 26.2 Å². The zero-order valence-electron chi connectivity index (χ0n) is 13.8. The Bertz CT molecular complexity index is 667. The molecule has 2 heterocycles. The van der Waals surface area contributed by atoms with Gasteiger partial charge in [0.15, 0.2) is 0 Å². The topological polar surface area (TPSA) is 36.4 Å². The summed E-state index contributed by atoms with van der Waals surface area (Å²) in [5.41, 5.74) is 2.98. The first-order valence-corrected chi connectivity index (χ1v) is 8.28. The van der Waals surface area contributed by atoms with Crippen LogP contribution in [0.15, 0.2) is 48.8 Å². The summed E-state index contributed by atoms with van der Waals surface area (Å²) in [4.78, 5) is 21.4. The largest absolute Gasteiger partial charge is 0.326 e. The van der Waals surface area contributed by atoms with Gasteiger partial charge in [-0.05, 0) is 36.3 Å². The number of carbonyl (C=O) groups is 1. The van der Waals surface area contributed by atoms with E-state index in [2.05, 4.69) is 35.9 Å². The van der Waals surface area contributed by atoms with Crippen LogP contribution in [0, 0.1) is 0 Å². The third-order valence-corrected chi connectivity index (χ3v) is 4.61. The molecule has 120 valence electrons. The molecule has 2 aromatic rings. The molecular weight excluding hydrogens is 286 g/mol. The Labute approximate surface area is 137 Å². The van der Waals surface area contributed by atoms with Crippen molar-refractivity contribution in [3.63, 3.8) is 0 Å². The van der Waals surface area contributed by atoms with Gasteiger partial charge in [0.25, 0.3) is 5.91 Å². The van der Waals surface area contributed by atoms with Crippen LogP contribution in [-0.2, 0) is 0 Å². The summed E-state index contributed by atoms with van der Waals surface area (Å²) in [6.45, 7) is 7.94. The minimum absolute atomic E-state index is 0.0250. The molecule has 4 heteroatoms. The molecule has 0 saturated heterocycles. The number of hydrogen-bond acceptors (Lipinski definition) is 3. The molecule has 1 aliphatic heterocycles. The molecule has 1 unspecified atom stereocenters. The first-order valence-electron chi connectivity index (χ1n) is 8.28. The molecule has 0 spiro atoms. The van der Waals surface area contributed by atoms with Crippen molar-refractivity contribution in [1.82, 2.24) is 14.8 Å². The first kappa shape index (κ1) is 15.7. The van der Waals surface area contributed by atoms with Crippen molar-refractivity contribution in [3.8, 4) is 0 Å². The van der Waals surface area contributed by atoms with Crippen LogP contribution in [0.1, 0.15) is 41.4 Å². The smallest absolute Gasteiger partial charge is 0.255 e. The number of amides is 1. The minimum atomic E-state index is -0.0250. The molecule has 3 rings (SSSR count). The maximum Gasteiger partial charge on any atom is 0.255 e. The molecule has 4 nitrogen and oxygen atoms in total. The quantitative estimate of drug-likeness (QED) is 0.823. The molecule has 1 aromatic heterocycles. The Hall–Kier alpha value is -2.20. The average molecular weight is 309 g/mol. The summed E-state index contributed by atoms with van der Waals surface area (Å²) < 4.78 is 0. The second-order valence-electron chi connectivity index (χ2n) is 5.80. The fourth-order valence-corrected chi connectivity index (χ4v) is 3.29. The minimum Gasteiger partial charge on any atom is -0.326 e. The molecule has 23 heavy (non-hydrogen) atoms. The predicted molar refractivity (Wildman–Crippen MR) is 91.3 cm³/mol. The van der Waals surface area contributed by atoms with E-state index in [4.69, 9.17) is 0 Å². The van der Waals surface area contributed by atoms with Gasteiger partial charge in [-0.1, -0.05) is 38.1 Å². The Morgan fingerprint density at radius 3 is 2.61 bits per heavy atom. The number of rotatable bonds is 6. The summed E-state index contributed by atoms with van der Waals surface area (Å²) in [5, 5.41) is 0. The van der Waals surface area contributed by atoms with Crippen LogP contribution in [0.4, 0.5) is 0 Å². The number of benzene rings is 1. The number of hydrogen-bond donors (Lipinski definition) is 0. The van der Waals surface area contributed by atoms with Gasteiger partial charge in [0.05, 0.1) is 6.04 Å². The molecule has 0 N–H and O–H groups in total. The van der Waals surface area contributed by atoms with Gasteiger partial charge in [-0.3, -0.25) is 9.78 Å². The molecular formula is C19H23N3O. The maximum absolute atomic E-state index is 12.9. The summed E-state index contributed by atoms with van der Waals surface area (Å²) in [7, 11) is 0. The van der Waals surface area contributed by atoms with E-state index in [0.717, 1.165) is 42.9 Å². The lowest BCUT2D eigenvalue weighted by Gasteiger charge is -2.28. The van der Waals surface area contributed by atoms with Crippen LogP contribution < -0.4 is 0 Å². The highest BCUT2D eigenvalue weighted by atomic mass is 16.2. The van der Waals surface area contributed by atoms with E-state index in [-0.39, 0.29) is 11.9 Å². The summed E-state index contributed by atoms with van der Waals surface area (Å²) in [5.74, 6) is 0.126. The zero-order chi connectivity index (χ0) is 16.2. The highest BCUT2D eigenvalue weighted by Crippen LogP contribution is 2.37. The van der Waals surface area contributed by atoms with Gasteiger partial charge in [-0.2, -0.15) is 0 Å². The van der Waals surface area contributed by atoms with Crippen molar-refractivity contribution in [2.45, 2.75) is 19.9 Å². The Kier molecular flexibility index (Phi) is 4.72. The van der Waals surface area contributed by atoms with E-state index in [9.17, 15) is 4.79 Å². The Morgan fingerprint density at radius 2 is 1.91 bits per heavy atom. The molecule has 0 radical (unpaired) electrons. The van der Waals surface area contributed by atoms with E-state index in [1.807, 2.05) is 35.4 Å². The molecule has 1 aromatic carbocycles. The van der Waals surface area contributed by atoms with Gasteiger partial charge >= 0.3 is 0 Å².